The van der Waals surface area contributed by atoms with Crippen molar-refractivity contribution in [2.45, 2.75) is 57.9 Å². The number of carbonyl (C=O) groups is 1. The summed E-state index contributed by atoms with van der Waals surface area (Å²) in [6.07, 6.45) is 9.21. The molecule has 1 atom stereocenters. The van der Waals surface area contributed by atoms with Crippen LogP contribution in [-0.4, -0.2) is 38.4 Å². The third-order valence-corrected chi connectivity index (χ3v) is 5.65. The average Bonchev–Trinajstić information content (AvgIpc) is 3.26. The fourth-order valence-corrected chi connectivity index (χ4v) is 4.26. The summed E-state index contributed by atoms with van der Waals surface area (Å²) in [7, 11) is 0. The van der Waals surface area contributed by atoms with Crippen LogP contribution in [0.25, 0.3) is 0 Å². The number of thiazole rings is 1. The first-order valence-corrected chi connectivity index (χ1v) is 9.70. The second-order valence-corrected chi connectivity index (χ2v) is 7.74. The van der Waals surface area contributed by atoms with E-state index in [9.17, 15) is 4.79 Å². The van der Waals surface area contributed by atoms with E-state index in [1.54, 1.807) is 23.9 Å². The van der Waals surface area contributed by atoms with Crippen LogP contribution in [0.5, 0.6) is 0 Å². The summed E-state index contributed by atoms with van der Waals surface area (Å²) < 4.78 is 2.02. The molecule has 0 spiro atoms. The first-order chi connectivity index (χ1) is 11.6. The highest BCUT2D eigenvalue weighted by Crippen LogP contribution is 2.31. The molecule has 1 aliphatic rings. The molecule has 24 heavy (non-hydrogen) atoms. The van der Waals surface area contributed by atoms with Crippen molar-refractivity contribution in [1.29, 1.82) is 0 Å². The van der Waals surface area contributed by atoms with E-state index in [4.69, 9.17) is 4.98 Å². The Morgan fingerprint density at radius 3 is 3.04 bits per heavy atom. The second kappa shape index (κ2) is 7.92. The largest absolute Gasteiger partial charge is 0.342 e. The highest BCUT2D eigenvalue weighted by atomic mass is 32.1. The van der Waals surface area contributed by atoms with Gasteiger partial charge in [-0.1, -0.05) is 13.8 Å². The Morgan fingerprint density at radius 1 is 1.46 bits per heavy atom. The summed E-state index contributed by atoms with van der Waals surface area (Å²) in [6, 6.07) is 0. The van der Waals surface area contributed by atoms with Crippen molar-refractivity contribution < 1.29 is 4.79 Å². The van der Waals surface area contributed by atoms with Gasteiger partial charge in [-0.3, -0.25) is 4.79 Å². The van der Waals surface area contributed by atoms with Crippen molar-refractivity contribution in [2.24, 2.45) is 0 Å². The zero-order valence-electron chi connectivity index (χ0n) is 14.5. The van der Waals surface area contributed by atoms with Crippen LogP contribution in [-0.2, 0) is 11.3 Å². The molecular weight excluding hydrogens is 320 g/mol. The van der Waals surface area contributed by atoms with Gasteiger partial charge in [0.15, 0.2) is 0 Å². The van der Waals surface area contributed by atoms with Gasteiger partial charge < -0.3 is 9.47 Å². The van der Waals surface area contributed by atoms with Crippen molar-refractivity contribution in [3.8, 4) is 0 Å². The van der Waals surface area contributed by atoms with Gasteiger partial charge in [-0.05, 0) is 25.2 Å². The van der Waals surface area contributed by atoms with E-state index in [1.807, 2.05) is 15.7 Å². The molecule has 0 radical (unpaired) electrons. The molecule has 0 saturated carbocycles. The number of aryl methyl sites for hydroxylation is 1. The molecule has 0 bridgehead atoms. The molecule has 0 aliphatic carbocycles. The van der Waals surface area contributed by atoms with Gasteiger partial charge in [0.2, 0.25) is 5.91 Å². The number of rotatable bonds is 6. The van der Waals surface area contributed by atoms with Gasteiger partial charge in [-0.25, -0.2) is 9.97 Å². The number of imidazole rings is 1. The molecule has 3 rings (SSSR count). The highest BCUT2D eigenvalue weighted by Gasteiger charge is 2.26. The number of likely N-dealkylation sites (tertiary alicyclic amines) is 1. The lowest BCUT2D eigenvalue weighted by Gasteiger charge is -2.32. The molecule has 2 aromatic heterocycles. The summed E-state index contributed by atoms with van der Waals surface area (Å²) >= 11 is 1.75. The quantitative estimate of drug-likeness (QED) is 0.802. The number of hydrogen-bond donors (Lipinski definition) is 0. The Kier molecular flexibility index (Phi) is 5.66. The lowest BCUT2D eigenvalue weighted by Crippen LogP contribution is -2.39. The van der Waals surface area contributed by atoms with Crippen molar-refractivity contribution in [2.75, 3.05) is 13.1 Å². The summed E-state index contributed by atoms with van der Waals surface area (Å²) in [4.78, 5) is 23.4. The van der Waals surface area contributed by atoms with Crippen LogP contribution in [0.3, 0.4) is 0 Å². The number of amides is 1. The van der Waals surface area contributed by atoms with E-state index < -0.39 is 0 Å². The Bertz CT molecular complexity index is 650. The lowest BCUT2D eigenvalue weighted by molar-refractivity contribution is -0.132. The predicted octanol–water partition coefficient (Wildman–Crippen LogP) is 3.65. The summed E-state index contributed by atoms with van der Waals surface area (Å²) in [5.74, 6) is 1.16. The van der Waals surface area contributed by atoms with Crippen LogP contribution in [0.4, 0.5) is 0 Å². The second-order valence-electron chi connectivity index (χ2n) is 6.85. The molecule has 1 aliphatic heterocycles. The van der Waals surface area contributed by atoms with Gasteiger partial charge in [-0.2, -0.15) is 0 Å². The highest BCUT2D eigenvalue weighted by molar-refractivity contribution is 7.09. The molecule has 6 heteroatoms. The Labute approximate surface area is 147 Å². The molecule has 2 aromatic rings. The van der Waals surface area contributed by atoms with E-state index in [0.29, 0.717) is 18.3 Å². The standard InChI is InChI=1S/C18H26N4OS/c1-14(2)16-12-24-18(20-16)15-5-3-9-22(11-15)17(23)6-4-8-21-10-7-19-13-21/h7,10,12-15H,3-6,8-9,11H2,1-2H3. The molecule has 5 nitrogen and oxygen atoms in total. The fourth-order valence-electron chi connectivity index (χ4n) is 3.15. The van der Waals surface area contributed by atoms with Gasteiger partial charge in [0.05, 0.1) is 17.0 Å². The van der Waals surface area contributed by atoms with Crippen molar-refractivity contribution >= 4 is 17.2 Å². The normalized spacial score (nSPS) is 18.3. The Hall–Kier alpha value is -1.69. The minimum atomic E-state index is 0.278. The van der Waals surface area contributed by atoms with E-state index >= 15 is 0 Å². The van der Waals surface area contributed by atoms with Crippen molar-refractivity contribution in [3.05, 3.63) is 34.8 Å². The number of nitrogens with zero attached hydrogens (tertiary/aromatic N) is 4. The van der Waals surface area contributed by atoms with Crippen LogP contribution >= 0.6 is 11.3 Å². The van der Waals surface area contributed by atoms with E-state index in [0.717, 1.165) is 38.9 Å². The molecule has 1 amide bonds. The molecule has 0 N–H and O–H groups in total. The van der Waals surface area contributed by atoms with E-state index in [2.05, 4.69) is 24.2 Å². The molecular formula is C18H26N4OS. The summed E-state index contributed by atoms with van der Waals surface area (Å²) in [5.41, 5.74) is 1.18. The van der Waals surface area contributed by atoms with Crippen molar-refractivity contribution in [1.82, 2.24) is 19.4 Å². The molecule has 3 heterocycles. The lowest BCUT2D eigenvalue weighted by atomic mass is 9.98. The topological polar surface area (TPSA) is 51.0 Å². The average molecular weight is 346 g/mol. The van der Waals surface area contributed by atoms with Gasteiger partial charge in [0.1, 0.15) is 0 Å². The maximum Gasteiger partial charge on any atom is 0.222 e. The van der Waals surface area contributed by atoms with Gasteiger partial charge >= 0.3 is 0 Å². The third-order valence-electron chi connectivity index (χ3n) is 4.62. The number of carbonyl (C=O) groups excluding carboxylic acids is 1. The smallest absolute Gasteiger partial charge is 0.222 e. The number of piperidine rings is 1. The Morgan fingerprint density at radius 2 is 2.33 bits per heavy atom. The fraction of sp³-hybridized carbons (Fsp3) is 0.611. The van der Waals surface area contributed by atoms with Crippen LogP contribution in [0.15, 0.2) is 24.1 Å². The SMILES string of the molecule is CC(C)c1csc(C2CCCN(C(=O)CCCn3ccnc3)C2)n1. The third kappa shape index (κ3) is 4.23. The zero-order valence-corrected chi connectivity index (χ0v) is 15.3. The minimum absolute atomic E-state index is 0.278. The first kappa shape index (κ1) is 17.1. The van der Waals surface area contributed by atoms with Crippen molar-refractivity contribution in [3.63, 3.8) is 0 Å². The van der Waals surface area contributed by atoms with E-state index in [-0.39, 0.29) is 5.91 Å². The molecule has 130 valence electrons. The Balaban J connectivity index is 1.51. The molecule has 1 fully saturated rings. The molecule has 0 aromatic carbocycles. The molecule has 1 saturated heterocycles. The van der Waals surface area contributed by atoms with Crippen LogP contribution in [0, 0.1) is 0 Å². The maximum absolute atomic E-state index is 12.5. The summed E-state index contributed by atoms with van der Waals surface area (Å²) in [6.45, 7) is 6.93. The van der Waals surface area contributed by atoms with E-state index in [1.165, 1.54) is 10.7 Å². The van der Waals surface area contributed by atoms with Gasteiger partial charge in [0.25, 0.3) is 0 Å². The molecule has 1 unspecified atom stereocenters. The van der Waals surface area contributed by atoms with Gasteiger partial charge in [0, 0.05) is 49.7 Å². The maximum atomic E-state index is 12.5. The zero-order chi connectivity index (χ0) is 16.9. The van der Waals surface area contributed by atoms with Gasteiger partial charge in [-0.15, -0.1) is 11.3 Å². The predicted molar refractivity (Wildman–Crippen MR) is 96.2 cm³/mol. The number of hydrogen-bond acceptors (Lipinski definition) is 4. The minimum Gasteiger partial charge on any atom is -0.342 e. The van der Waals surface area contributed by atoms with Crippen LogP contribution in [0.1, 0.15) is 62.1 Å². The van der Waals surface area contributed by atoms with Crippen LogP contribution < -0.4 is 0 Å². The monoisotopic (exact) mass is 346 g/mol. The van der Waals surface area contributed by atoms with Crippen LogP contribution in [0.2, 0.25) is 0 Å². The first-order valence-electron chi connectivity index (χ1n) is 8.82. The number of aromatic nitrogens is 3. The summed E-state index contributed by atoms with van der Waals surface area (Å²) in [5, 5.41) is 3.38.